The summed E-state index contributed by atoms with van der Waals surface area (Å²) in [5.74, 6) is -1.25. The number of carbonyl (C=O) groups excluding carboxylic acids is 3. The van der Waals surface area contributed by atoms with Gasteiger partial charge in [-0.1, -0.05) is 24.6 Å². The zero-order valence-corrected chi connectivity index (χ0v) is 17.9. The number of methoxy groups -OCH3 is 1. The number of para-hydroxylation sites is 1. The van der Waals surface area contributed by atoms with E-state index < -0.39 is 11.9 Å². The summed E-state index contributed by atoms with van der Waals surface area (Å²) < 4.78 is 4.38. The van der Waals surface area contributed by atoms with Gasteiger partial charge in [0.2, 0.25) is 5.91 Å². The summed E-state index contributed by atoms with van der Waals surface area (Å²) in [6, 6.07) is 9.44. The second-order valence-corrected chi connectivity index (χ2v) is 7.05. The molecule has 0 aliphatic heterocycles. The number of benzene rings is 1. The molecule has 0 fully saturated rings. The normalized spacial score (nSPS) is 10.9. The standard InChI is InChI=1S/C22H33N3O5/c1-24(17-9-10-18-25(29)21(27)14-15-22(28)30-2)16-8-4-7-13-20(26)23-19-11-5-3-6-12-19/h3,5-6,11-12,14-15,29H,4,7-10,13,16-18H2,1-2H3,(H,23,26). The van der Waals surface area contributed by atoms with Crippen LogP contribution in [0.15, 0.2) is 42.5 Å². The molecule has 0 radical (unpaired) electrons. The molecule has 8 heteroatoms. The SMILES string of the molecule is COC(=O)C=CC(=O)N(O)CCCCN(C)CCCCCC(=O)Nc1ccccc1. The summed E-state index contributed by atoms with van der Waals surface area (Å²) >= 11 is 0. The van der Waals surface area contributed by atoms with Crippen LogP contribution in [-0.4, -0.2) is 66.7 Å². The first-order valence-corrected chi connectivity index (χ1v) is 10.2. The van der Waals surface area contributed by atoms with Gasteiger partial charge in [-0.2, -0.15) is 0 Å². The lowest BCUT2D eigenvalue weighted by molar-refractivity contribution is -0.159. The molecule has 2 amide bonds. The Hall–Kier alpha value is -2.71. The van der Waals surface area contributed by atoms with E-state index in [2.05, 4.69) is 15.0 Å². The molecule has 2 N–H and O–H groups in total. The van der Waals surface area contributed by atoms with Crippen molar-refractivity contribution in [3.05, 3.63) is 42.5 Å². The van der Waals surface area contributed by atoms with Crippen LogP contribution in [-0.2, 0) is 19.1 Å². The van der Waals surface area contributed by atoms with Crippen LogP contribution in [0.1, 0.15) is 38.5 Å². The Morgan fingerprint density at radius 1 is 0.967 bits per heavy atom. The predicted octanol–water partition coefficient (Wildman–Crippen LogP) is 2.84. The first-order valence-electron chi connectivity index (χ1n) is 10.2. The number of esters is 1. The van der Waals surface area contributed by atoms with Gasteiger partial charge in [-0.25, -0.2) is 9.86 Å². The number of hydrogen-bond acceptors (Lipinski definition) is 6. The van der Waals surface area contributed by atoms with E-state index in [0.717, 1.165) is 56.6 Å². The number of hydrogen-bond donors (Lipinski definition) is 2. The van der Waals surface area contributed by atoms with Gasteiger partial charge >= 0.3 is 5.97 Å². The van der Waals surface area contributed by atoms with Crippen LogP contribution in [0.2, 0.25) is 0 Å². The average Bonchev–Trinajstić information content (AvgIpc) is 2.74. The van der Waals surface area contributed by atoms with Crippen molar-refractivity contribution in [1.82, 2.24) is 9.96 Å². The summed E-state index contributed by atoms with van der Waals surface area (Å²) in [6.45, 7) is 1.99. The van der Waals surface area contributed by atoms with Crippen LogP contribution in [0.3, 0.4) is 0 Å². The van der Waals surface area contributed by atoms with E-state index in [1.165, 1.54) is 7.11 Å². The van der Waals surface area contributed by atoms with Crippen molar-refractivity contribution in [2.24, 2.45) is 0 Å². The molecule has 0 saturated heterocycles. The fourth-order valence-electron chi connectivity index (χ4n) is 2.75. The first-order chi connectivity index (χ1) is 14.4. The summed E-state index contributed by atoms with van der Waals surface area (Å²) in [5.41, 5.74) is 0.824. The van der Waals surface area contributed by atoms with Crippen molar-refractivity contribution in [3.63, 3.8) is 0 Å². The molecular weight excluding hydrogens is 386 g/mol. The predicted molar refractivity (Wildman–Crippen MR) is 115 cm³/mol. The Morgan fingerprint density at radius 2 is 1.60 bits per heavy atom. The summed E-state index contributed by atoms with van der Waals surface area (Å²) in [4.78, 5) is 36.6. The van der Waals surface area contributed by atoms with Crippen molar-refractivity contribution in [2.45, 2.75) is 38.5 Å². The summed E-state index contributed by atoms with van der Waals surface area (Å²) in [5, 5.41) is 13.1. The lowest BCUT2D eigenvalue weighted by atomic mass is 10.1. The van der Waals surface area contributed by atoms with Crippen LogP contribution in [0.25, 0.3) is 0 Å². The van der Waals surface area contributed by atoms with Crippen LogP contribution in [0, 0.1) is 0 Å². The number of ether oxygens (including phenoxy) is 1. The number of anilines is 1. The highest BCUT2D eigenvalue weighted by atomic mass is 16.5. The number of hydroxylamine groups is 2. The maximum absolute atomic E-state index is 11.9. The molecule has 166 valence electrons. The molecule has 1 aromatic carbocycles. The van der Waals surface area contributed by atoms with Crippen LogP contribution in [0.4, 0.5) is 5.69 Å². The van der Waals surface area contributed by atoms with Crippen LogP contribution in [0.5, 0.6) is 0 Å². The fraction of sp³-hybridized carbons (Fsp3) is 0.500. The van der Waals surface area contributed by atoms with Crippen LogP contribution < -0.4 is 5.32 Å². The maximum Gasteiger partial charge on any atom is 0.330 e. The third-order valence-corrected chi connectivity index (χ3v) is 4.48. The molecular formula is C22H33N3O5. The second-order valence-electron chi connectivity index (χ2n) is 7.05. The lowest BCUT2D eigenvalue weighted by Crippen LogP contribution is -2.28. The van der Waals surface area contributed by atoms with E-state index in [1.54, 1.807) is 0 Å². The van der Waals surface area contributed by atoms with Crippen molar-refractivity contribution in [3.8, 4) is 0 Å². The smallest absolute Gasteiger partial charge is 0.330 e. The Kier molecular flexibility index (Phi) is 12.8. The maximum atomic E-state index is 11.9. The Balaban J connectivity index is 2.03. The lowest BCUT2D eigenvalue weighted by Gasteiger charge is -2.17. The minimum Gasteiger partial charge on any atom is -0.466 e. The molecule has 1 aromatic rings. The minimum absolute atomic E-state index is 0.0408. The monoisotopic (exact) mass is 419 g/mol. The Bertz CT molecular complexity index is 679. The third-order valence-electron chi connectivity index (χ3n) is 4.48. The number of nitrogens with zero attached hydrogens (tertiary/aromatic N) is 2. The third kappa shape index (κ3) is 12.0. The van der Waals surface area contributed by atoms with E-state index in [0.29, 0.717) is 17.9 Å². The molecule has 0 aromatic heterocycles. The molecule has 0 spiro atoms. The molecule has 0 aliphatic carbocycles. The van der Waals surface area contributed by atoms with Gasteiger partial charge in [0, 0.05) is 30.8 Å². The second kappa shape index (κ2) is 15.2. The summed E-state index contributed by atoms with van der Waals surface area (Å²) in [6.07, 6.45) is 6.81. The van der Waals surface area contributed by atoms with Gasteiger partial charge in [-0.3, -0.25) is 14.8 Å². The van der Waals surface area contributed by atoms with Gasteiger partial charge in [0.15, 0.2) is 0 Å². The van der Waals surface area contributed by atoms with Gasteiger partial charge in [-0.05, 0) is 58.0 Å². The van der Waals surface area contributed by atoms with Crippen LogP contribution >= 0.6 is 0 Å². The zero-order chi connectivity index (χ0) is 22.2. The fourth-order valence-corrected chi connectivity index (χ4v) is 2.75. The Morgan fingerprint density at radius 3 is 2.27 bits per heavy atom. The van der Waals surface area contributed by atoms with E-state index in [4.69, 9.17) is 0 Å². The van der Waals surface area contributed by atoms with Crippen molar-refractivity contribution in [2.75, 3.05) is 39.1 Å². The van der Waals surface area contributed by atoms with E-state index in [-0.39, 0.29) is 12.5 Å². The van der Waals surface area contributed by atoms with E-state index in [1.807, 2.05) is 37.4 Å². The number of unbranched alkanes of at least 4 members (excludes halogenated alkanes) is 3. The van der Waals surface area contributed by atoms with Crippen molar-refractivity contribution in [1.29, 1.82) is 0 Å². The summed E-state index contributed by atoms with van der Waals surface area (Å²) in [7, 11) is 3.25. The number of nitrogens with one attached hydrogen (secondary N) is 1. The van der Waals surface area contributed by atoms with Gasteiger partial charge in [-0.15, -0.1) is 0 Å². The highest BCUT2D eigenvalue weighted by Crippen LogP contribution is 2.08. The highest BCUT2D eigenvalue weighted by molar-refractivity contribution is 5.94. The molecule has 1 rings (SSSR count). The van der Waals surface area contributed by atoms with E-state index >= 15 is 0 Å². The minimum atomic E-state index is -0.648. The van der Waals surface area contributed by atoms with Crippen molar-refractivity contribution >= 4 is 23.5 Å². The van der Waals surface area contributed by atoms with Crippen molar-refractivity contribution < 1.29 is 24.3 Å². The highest BCUT2D eigenvalue weighted by Gasteiger charge is 2.08. The molecule has 8 nitrogen and oxygen atoms in total. The largest absolute Gasteiger partial charge is 0.466 e. The van der Waals surface area contributed by atoms with Gasteiger partial charge in [0.25, 0.3) is 5.91 Å². The topological polar surface area (TPSA) is 99.2 Å². The number of amides is 2. The number of rotatable bonds is 14. The molecule has 0 bridgehead atoms. The average molecular weight is 420 g/mol. The molecule has 0 saturated carbocycles. The van der Waals surface area contributed by atoms with E-state index in [9.17, 15) is 19.6 Å². The van der Waals surface area contributed by atoms with Gasteiger partial charge < -0.3 is 15.0 Å². The number of carbonyl (C=O) groups is 3. The molecule has 0 unspecified atom stereocenters. The zero-order valence-electron chi connectivity index (χ0n) is 17.9. The molecule has 0 heterocycles. The quantitative estimate of drug-likeness (QED) is 0.158. The molecule has 0 aliphatic rings. The Labute approximate surface area is 178 Å². The first kappa shape index (κ1) is 25.3. The van der Waals surface area contributed by atoms with Gasteiger partial charge in [0.1, 0.15) is 0 Å². The molecule has 0 atom stereocenters. The van der Waals surface area contributed by atoms with Gasteiger partial charge in [0.05, 0.1) is 7.11 Å². The molecule has 30 heavy (non-hydrogen) atoms.